The number of alkyl halides is 1. The number of nitrogens with one attached hydrogen (secondary N) is 4. The van der Waals surface area contributed by atoms with Gasteiger partial charge in [0.25, 0.3) is 17.7 Å². The summed E-state index contributed by atoms with van der Waals surface area (Å²) in [6.45, 7) is 2.37. The Morgan fingerprint density at radius 2 is 2.09 bits per heavy atom. The van der Waals surface area contributed by atoms with Gasteiger partial charge in [0.05, 0.1) is 12.6 Å². The molecule has 1 heterocycles. The number of hydrogen-bond donors (Lipinski definition) is 4. The molecule has 2 unspecified atom stereocenters. The van der Waals surface area contributed by atoms with Crippen LogP contribution in [0.25, 0.3) is 0 Å². The number of aryl methyl sites for hydroxylation is 1. The maximum Gasteiger partial charge on any atom is 0.257 e. The van der Waals surface area contributed by atoms with E-state index >= 15 is 0 Å². The summed E-state index contributed by atoms with van der Waals surface area (Å²) in [6, 6.07) is 6.73. The number of benzene rings is 1. The van der Waals surface area contributed by atoms with E-state index in [9.17, 15) is 14.4 Å². The minimum Gasteiger partial charge on any atom is -0.343 e. The zero-order chi connectivity index (χ0) is 16.8. The Balaban J connectivity index is 1.71. The van der Waals surface area contributed by atoms with Gasteiger partial charge in [0, 0.05) is 16.9 Å². The smallest absolute Gasteiger partial charge is 0.257 e. The van der Waals surface area contributed by atoms with E-state index in [1.165, 1.54) is 0 Å². The molecule has 0 aliphatic carbocycles. The molecular formula is C15H19BrN4O3. The molecule has 1 aromatic rings. The van der Waals surface area contributed by atoms with Gasteiger partial charge in [-0.05, 0) is 25.5 Å². The first kappa shape index (κ1) is 17.4. The maximum absolute atomic E-state index is 11.9. The molecule has 0 spiro atoms. The summed E-state index contributed by atoms with van der Waals surface area (Å²) >= 11 is 3.42. The van der Waals surface area contributed by atoms with Crippen molar-refractivity contribution in [1.82, 2.24) is 21.5 Å². The molecule has 23 heavy (non-hydrogen) atoms. The minimum absolute atomic E-state index is 0.216. The van der Waals surface area contributed by atoms with E-state index in [2.05, 4.69) is 37.4 Å². The highest BCUT2D eigenvalue weighted by Crippen LogP contribution is 2.13. The standard InChI is InChI=1S/C15H19BrN4O3/c1-9-3-2-4-10(5-9)14(22)18-8-13(21)19-20-15(23)12-6-11(16)7-17-12/h2-5,11-12,17H,6-8H2,1H3,(H,18,22)(H,19,21)(H,20,23). The van der Waals surface area contributed by atoms with Gasteiger partial charge in [-0.2, -0.15) is 0 Å². The summed E-state index contributed by atoms with van der Waals surface area (Å²) in [4.78, 5) is 35.6. The Kier molecular flexibility index (Phi) is 6.12. The molecule has 2 atom stereocenters. The van der Waals surface area contributed by atoms with E-state index in [1.54, 1.807) is 18.2 Å². The van der Waals surface area contributed by atoms with Crippen LogP contribution in [0.5, 0.6) is 0 Å². The Labute approximate surface area is 142 Å². The first-order valence-electron chi connectivity index (χ1n) is 7.26. The maximum atomic E-state index is 11.9. The zero-order valence-corrected chi connectivity index (χ0v) is 14.3. The fourth-order valence-corrected chi connectivity index (χ4v) is 2.76. The fourth-order valence-electron chi connectivity index (χ4n) is 2.20. The zero-order valence-electron chi connectivity index (χ0n) is 12.7. The number of rotatable bonds is 4. The first-order valence-corrected chi connectivity index (χ1v) is 8.18. The third-order valence-corrected chi connectivity index (χ3v) is 4.11. The van der Waals surface area contributed by atoms with Crippen molar-refractivity contribution in [3.8, 4) is 0 Å². The number of hydrazine groups is 1. The number of hydrogen-bond acceptors (Lipinski definition) is 4. The summed E-state index contributed by atoms with van der Waals surface area (Å²) in [5.74, 6) is -1.13. The second-order valence-corrected chi connectivity index (χ2v) is 6.68. The van der Waals surface area contributed by atoms with E-state index < -0.39 is 5.91 Å². The van der Waals surface area contributed by atoms with Gasteiger partial charge in [0.15, 0.2) is 0 Å². The molecule has 124 valence electrons. The average Bonchev–Trinajstić information content (AvgIpc) is 2.96. The molecule has 1 fully saturated rings. The molecule has 0 bridgehead atoms. The quantitative estimate of drug-likeness (QED) is 0.435. The predicted octanol–water partition coefficient (Wildman–Crippen LogP) is -0.00238. The molecule has 1 saturated heterocycles. The molecule has 0 saturated carbocycles. The second-order valence-electron chi connectivity index (χ2n) is 5.38. The molecule has 1 aliphatic heterocycles. The molecule has 0 radical (unpaired) electrons. The monoisotopic (exact) mass is 382 g/mol. The lowest BCUT2D eigenvalue weighted by molar-refractivity contribution is -0.129. The van der Waals surface area contributed by atoms with Crippen LogP contribution in [0.2, 0.25) is 0 Å². The predicted molar refractivity (Wildman–Crippen MR) is 88.9 cm³/mol. The van der Waals surface area contributed by atoms with Crippen molar-refractivity contribution in [3.05, 3.63) is 35.4 Å². The van der Waals surface area contributed by atoms with Crippen molar-refractivity contribution in [2.75, 3.05) is 13.1 Å². The van der Waals surface area contributed by atoms with Crippen molar-refractivity contribution in [2.24, 2.45) is 0 Å². The van der Waals surface area contributed by atoms with Gasteiger partial charge in [-0.1, -0.05) is 33.6 Å². The lowest BCUT2D eigenvalue weighted by Crippen LogP contribution is -2.51. The highest BCUT2D eigenvalue weighted by atomic mass is 79.9. The molecule has 1 aromatic carbocycles. The van der Waals surface area contributed by atoms with Gasteiger partial charge in [-0.15, -0.1) is 0 Å². The Hall–Kier alpha value is -1.93. The molecular weight excluding hydrogens is 364 g/mol. The van der Waals surface area contributed by atoms with E-state index in [1.807, 2.05) is 13.0 Å². The van der Waals surface area contributed by atoms with E-state index in [4.69, 9.17) is 0 Å². The van der Waals surface area contributed by atoms with Crippen LogP contribution in [0.3, 0.4) is 0 Å². The Morgan fingerprint density at radius 3 is 2.74 bits per heavy atom. The molecule has 3 amide bonds. The van der Waals surface area contributed by atoms with Crippen molar-refractivity contribution >= 4 is 33.7 Å². The SMILES string of the molecule is Cc1cccc(C(=O)NCC(=O)NNC(=O)C2CC(Br)CN2)c1. The van der Waals surface area contributed by atoms with Crippen LogP contribution in [0.1, 0.15) is 22.3 Å². The molecule has 0 aromatic heterocycles. The summed E-state index contributed by atoms with van der Waals surface area (Å²) in [5, 5.41) is 5.53. The van der Waals surface area contributed by atoms with Crippen molar-refractivity contribution < 1.29 is 14.4 Å². The summed E-state index contributed by atoms with van der Waals surface area (Å²) in [7, 11) is 0. The third kappa shape index (κ3) is 5.33. The van der Waals surface area contributed by atoms with Gasteiger partial charge in [0.2, 0.25) is 0 Å². The normalized spacial score (nSPS) is 19.9. The van der Waals surface area contributed by atoms with Crippen LogP contribution in [0.4, 0.5) is 0 Å². The molecule has 2 rings (SSSR count). The number of carbonyl (C=O) groups is 3. The average molecular weight is 383 g/mol. The molecule has 4 N–H and O–H groups in total. The largest absolute Gasteiger partial charge is 0.343 e. The first-order chi connectivity index (χ1) is 11.0. The molecule has 1 aliphatic rings. The van der Waals surface area contributed by atoms with Gasteiger partial charge >= 0.3 is 0 Å². The summed E-state index contributed by atoms with van der Waals surface area (Å²) in [5.41, 5.74) is 6.08. The van der Waals surface area contributed by atoms with Crippen LogP contribution in [-0.4, -0.2) is 41.7 Å². The van der Waals surface area contributed by atoms with Gasteiger partial charge in [-0.3, -0.25) is 25.2 Å². The Morgan fingerprint density at radius 1 is 1.30 bits per heavy atom. The highest BCUT2D eigenvalue weighted by molar-refractivity contribution is 9.09. The Bertz CT molecular complexity index is 608. The van der Waals surface area contributed by atoms with Gasteiger partial charge < -0.3 is 10.6 Å². The molecule has 7 nitrogen and oxygen atoms in total. The van der Waals surface area contributed by atoms with Crippen molar-refractivity contribution in [1.29, 1.82) is 0 Å². The number of amides is 3. The molecule has 8 heteroatoms. The van der Waals surface area contributed by atoms with Crippen LogP contribution in [0, 0.1) is 6.92 Å². The number of halogens is 1. The van der Waals surface area contributed by atoms with Crippen LogP contribution >= 0.6 is 15.9 Å². The van der Waals surface area contributed by atoms with Crippen LogP contribution < -0.4 is 21.5 Å². The topological polar surface area (TPSA) is 99.3 Å². The third-order valence-electron chi connectivity index (χ3n) is 3.41. The van der Waals surface area contributed by atoms with Crippen LogP contribution in [-0.2, 0) is 9.59 Å². The fraction of sp³-hybridized carbons (Fsp3) is 0.400. The van der Waals surface area contributed by atoms with Gasteiger partial charge in [-0.25, -0.2) is 0 Å². The van der Waals surface area contributed by atoms with Crippen LogP contribution in [0.15, 0.2) is 24.3 Å². The van der Waals surface area contributed by atoms with Crippen molar-refractivity contribution in [2.45, 2.75) is 24.2 Å². The number of carbonyl (C=O) groups excluding carboxylic acids is 3. The van der Waals surface area contributed by atoms with Gasteiger partial charge in [0.1, 0.15) is 0 Å². The second kappa shape index (κ2) is 8.07. The lowest BCUT2D eigenvalue weighted by atomic mass is 10.1. The summed E-state index contributed by atoms with van der Waals surface area (Å²) < 4.78 is 0. The van der Waals surface area contributed by atoms with E-state index in [0.717, 1.165) is 5.56 Å². The van der Waals surface area contributed by atoms with Crippen molar-refractivity contribution in [3.63, 3.8) is 0 Å². The summed E-state index contributed by atoms with van der Waals surface area (Å²) in [6.07, 6.45) is 0.659. The highest BCUT2D eigenvalue weighted by Gasteiger charge is 2.27. The minimum atomic E-state index is -0.493. The van der Waals surface area contributed by atoms with E-state index in [-0.39, 0.29) is 29.2 Å². The lowest BCUT2D eigenvalue weighted by Gasteiger charge is -2.12. The van der Waals surface area contributed by atoms with E-state index in [0.29, 0.717) is 18.5 Å².